The van der Waals surface area contributed by atoms with E-state index in [1.807, 2.05) is 56.3 Å². The van der Waals surface area contributed by atoms with E-state index in [0.717, 1.165) is 27.5 Å². The van der Waals surface area contributed by atoms with Gasteiger partial charge >= 0.3 is 0 Å². The van der Waals surface area contributed by atoms with Crippen LogP contribution in [0.2, 0.25) is 0 Å². The number of nitrogens with zero attached hydrogens (tertiary/aromatic N) is 1. The van der Waals surface area contributed by atoms with Gasteiger partial charge < -0.3 is 4.74 Å². The molecule has 3 aromatic rings. The summed E-state index contributed by atoms with van der Waals surface area (Å²) < 4.78 is 5.66. The maximum absolute atomic E-state index is 12.0. The Labute approximate surface area is 153 Å². The van der Waals surface area contributed by atoms with Gasteiger partial charge in [-0.15, -0.1) is 0 Å². The Morgan fingerprint density at radius 3 is 2.50 bits per heavy atom. The molecule has 0 aliphatic carbocycles. The summed E-state index contributed by atoms with van der Waals surface area (Å²) in [6, 6.07) is 17.9. The summed E-state index contributed by atoms with van der Waals surface area (Å²) in [7, 11) is 0. The first-order chi connectivity index (χ1) is 12.5. The molecule has 1 amide bonds. The molecule has 0 aliphatic rings. The van der Waals surface area contributed by atoms with Crippen LogP contribution in [0.15, 0.2) is 59.7 Å². The summed E-state index contributed by atoms with van der Waals surface area (Å²) in [5, 5.41) is 6.12. The van der Waals surface area contributed by atoms with Crippen molar-refractivity contribution >= 4 is 22.9 Å². The van der Waals surface area contributed by atoms with Crippen LogP contribution in [0.1, 0.15) is 22.3 Å². The Balaban J connectivity index is 1.61. The fourth-order valence-electron chi connectivity index (χ4n) is 3.06. The summed E-state index contributed by atoms with van der Waals surface area (Å²) in [5.74, 6) is 0.393. The van der Waals surface area contributed by atoms with Crippen LogP contribution in [-0.4, -0.2) is 18.7 Å². The van der Waals surface area contributed by atoms with Gasteiger partial charge in [-0.3, -0.25) is 4.79 Å². The lowest BCUT2D eigenvalue weighted by atomic mass is 10.0. The first-order valence-corrected chi connectivity index (χ1v) is 8.55. The van der Waals surface area contributed by atoms with Crippen molar-refractivity contribution in [2.24, 2.45) is 5.10 Å². The highest BCUT2D eigenvalue weighted by atomic mass is 16.5. The topological polar surface area (TPSA) is 50.7 Å². The monoisotopic (exact) mass is 346 g/mol. The van der Waals surface area contributed by atoms with Crippen LogP contribution in [0.25, 0.3) is 10.8 Å². The zero-order chi connectivity index (χ0) is 18.5. The molecule has 4 heteroatoms. The number of nitrogens with one attached hydrogen (secondary N) is 1. The minimum absolute atomic E-state index is 0.0861. The molecule has 0 heterocycles. The van der Waals surface area contributed by atoms with Gasteiger partial charge in [-0.05, 0) is 43.4 Å². The number of benzene rings is 3. The van der Waals surface area contributed by atoms with Gasteiger partial charge in [0.2, 0.25) is 0 Å². The van der Waals surface area contributed by atoms with Gasteiger partial charge in [-0.25, -0.2) is 5.43 Å². The Kier molecular flexibility index (Phi) is 5.32. The third-order valence-corrected chi connectivity index (χ3v) is 4.23. The number of rotatable bonds is 5. The first-order valence-electron chi connectivity index (χ1n) is 8.55. The number of amides is 1. The summed E-state index contributed by atoms with van der Waals surface area (Å²) in [4.78, 5) is 12.0. The summed E-state index contributed by atoms with van der Waals surface area (Å²) in [6.07, 6.45) is 1.68. The van der Waals surface area contributed by atoms with Crippen molar-refractivity contribution in [3.8, 4) is 5.75 Å². The first kappa shape index (κ1) is 17.7. The minimum Gasteiger partial charge on any atom is -0.483 e. The number of hydrazone groups is 1. The fourth-order valence-corrected chi connectivity index (χ4v) is 3.06. The van der Waals surface area contributed by atoms with Gasteiger partial charge in [0, 0.05) is 10.9 Å². The van der Waals surface area contributed by atoms with E-state index in [-0.39, 0.29) is 12.5 Å². The molecule has 0 aliphatic heterocycles. The van der Waals surface area contributed by atoms with E-state index in [1.165, 1.54) is 5.56 Å². The number of carbonyl (C=O) groups excluding carboxylic acids is 1. The summed E-state index contributed by atoms with van der Waals surface area (Å²) in [5.41, 5.74) is 7.02. The largest absolute Gasteiger partial charge is 0.483 e. The van der Waals surface area contributed by atoms with Gasteiger partial charge in [0.25, 0.3) is 5.91 Å². The highest BCUT2D eigenvalue weighted by molar-refractivity contribution is 5.89. The lowest BCUT2D eigenvalue weighted by Gasteiger charge is -2.09. The maximum atomic E-state index is 12.0. The minimum atomic E-state index is -0.295. The molecule has 26 heavy (non-hydrogen) atoms. The smallest absolute Gasteiger partial charge is 0.277 e. The second-order valence-electron chi connectivity index (χ2n) is 6.37. The molecule has 0 atom stereocenters. The maximum Gasteiger partial charge on any atom is 0.277 e. The molecule has 0 unspecified atom stereocenters. The third kappa shape index (κ3) is 4.09. The molecular formula is C22H22N2O2. The quantitative estimate of drug-likeness (QED) is 0.553. The van der Waals surface area contributed by atoms with Gasteiger partial charge in [0.1, 0.15) is 5.75 Å². The third-order valence-electron chi connectivity index (χ3n) is 4.23. The molecule has 0 saturated carbocycles. The van der Waals surface area contributed by atoms with Crippen molar-refractivity contribution < 1.29 is 9.53 Å². The van der Waals surface area contributed by atoms with E-state index in [2.05, 4.69) is 29.6 Å². The predicted molar refractivity (Wildman–Crippen MR) is 106 cm³/mol. The predicted octanol–water partition coefficient (Wildman–Crippen LogP) is 4.29. The molecule has 4 nitrogen and oxygen atoms in total. The lowest BCUT2D eigenvalue weighted by Crippen LogP contribution is -2.24. The number of fused-ring (bicyclic) bond motifs is 1. The zero-order valence-electron chi connectivity index (χ0n) is 15.2. The van der Waals surface area contributed by atoms with Gasteiger partial charge in [-0.1, -0.05) is 54.1 Å². The Morgan fingerprint density at radius 1 is 1.04 bits per heavy atom. The molecule has 1 N–H and O–H groups in total. The SMILES string of the molecule is Cc1cc(C)c(/C=N\NC(=O)COc2cccc3ccccc23)c(C)c1. The number of hydrogen-bond acceptors (Lipinski definition) is 3. The highest BCUT2D eigenvalue weighted by Gasteiger charge is 2.05. The Hall–Kier alpha value is -3.14. The summed E-state index contributed by atoms with van der Waals surface area (Å²) >= 11 is 0. The molecule has 0 spiro atoms. The fraction of sp³-hybridized carbons (Fsp3) is 0.182. The second-order valence-corrected chi connectivity index (χ2v) is 6.37. The van der Waals surface area contributed by atoms with Crippen molar-refractivity contribution in [3.05, 3.63) is 76.9 Å². The summed E-state index contributed by atoms with van der Waals surface area (Å²) in [6.45, 7) is 6.05. The molecule has 132 valence electrons. The molecule has 0 saturated heterocycles. The van der Waals surface area contributed by atoms with Crippen LogP contribution in [0.3, 0.4) is 0 Å². The average molecular weight is 346 g/mol. The van der Waals surface area contributed by atoms with Crippen LogP contribution < -0.4 is 10.2 Å². The van der Waals surface area contributed by atoms with E-state index < -0.39 is 0 Å². The van der Waals surface area contributed by atoms with Crippen LogP contribution in [0, 0.1) is 20.8 Å². The average Bonchev–Trinajstić information content (AvgIpc) is 2.62. The van der Waals surface area contributed by atoms with Gasteiger partial charge in [0.15, 0.2) is 6.61 Å². The van der Waals surface area contributed by atoms with Gasteiger partial charge in [0.05, 0.1) is 6.21 Å². The Morgan fingerprint density at radius 2 is 1.73 bits per heavy atom. The molecule has 3 rings (SSSR count). The second kappa shape index (κ2) is 7.83. The standard InChI is InChI=1S/C22H22N2O2/c1-15-11-16(2)20(17(3)12-15)13-23-24-22(25)14-26-21-10-6-8-18-7-4-5-9-19(18)21/h4-13H,14H2,1-3H3,(H,24,25)/b23-13-. The molecule has 3 aromatic carbocycles. The van der Waals surface area contributed by atoms with Crippen molar-refractivity contribution in [1.82, 2.24) is 5.43 Å². The Bertz CT molecular complexity index is 949. The van der Waals surface area contributed by atoms with Gasteiger partial charge in [-0.2, -0.15) is 5.10 Å². The number of hydrogen-bond donors (Lipinski definition) is 1. The normalized spacial score (nSPS) is 11.0. The van der Waals surface area contributed by atoms with Crippen LogP contribution in [0.5, 0.6) is 5.75 Å². The lowest BCUT2D eigenvalue weighted by molar-refractivity contribution is -0.123. The van der Waals surface area contributed by atoms with Crippen molar-refractivity contribution in [2.75, 3.05) is 6.61 Å². The van der Waals surface area contributed by atoms with E-state index in [9.17, 15) is 4.79 Å². The van der Waals surface area contributed by atoms with Crippen molar-refractivity contribution in [2.45, 2.75) is 20.8 Å². The van der Waals surface area contributed by atoms with E-state index in [4.69, 9.17) is 4.74 Å². The highest BCUT2D eigenvalue weighted by Crippen LogP contribution is 2.24. The van der Waals surface area contributed by atoms with E-state index in [0.29, 0.717) is 5.75 Å². The molecule has 0 bridgehead atoms. The molecule has 0 radical (unpaired) electrons. The van der Waals surface area contributed by atoms with Crippen LogP contribution in [0.4, 0.5) is 0 Å². The molecule has 0 aromatic heterocycles. The zero-order valence-corrected chi connectivity index (χ0v) is 15.2. The van der Waals surface area contributed by atoms with Crippen LogP contribution in [-0.2, 0) is 4.79 Å². The number of aryl methyl sites for hydroxylation is 3. The number of ether oxygens (including phenoxy) is 1. The van der Waals surface area contributed by atoms with E-state index in [1.54, 1.807) is 6.21 Å². The molecular weight excluding hydrogens is 324 g/mol. The molecule has 0 fully saturated rings. The van der Waals surface area contributed by atoms with E-state index >= 15 is 0 Å². The van der Waals surface area contributed by atoms with Crippen molar-refractivity contribution in [1.29, 1.82) is 0 Å². The van der Waals surface area contributed by atoms with Crippen LogP contribution >= 0.6 is 0 Å². The van der Waals surface area contributed by atoms with Crippen molar-refractivity contribution in [3.63, 3.8) is 0 Å². The number of carbonyl (C=O) groups is 1.